The molecule has 9 heteroatoms. The number of hydrogen-bond acceptors (Lipinski definition) is 2. The van der Waals surface area contributed by atoms with E-state index in [0.717, 1.165) is 38.2 Å². The highest BCUT2D eigenvalue weighted by Crippen LogP contribution is 2.36. The molecule has 0 N–H and O–H groups in total. The van der Waals surface area contributed by atoms with E-state index in [1.54, 1.807) is 4.90 Å². The first-order chi connectivity index (χ1) is 14.2. The molecule has 1 fully saturated rings. The molecule has 1 aromatic carbocycles. The molecule has 0 radical (unpaired) electrons. The summed E-state index contributed by atoms with van der Waals surface area (Å²) < 4.78 is 56.1. The zero-order chi connectivity index (χ0) is 21.5. The van der Waals surface area contributed by atoms with Gasteiger partial charge in [-0.2, -0.15) is 18.3 Å². The van der Waals surface area contributed by atoms with E-state index in [4.69, 9.17) is 11.6 Å². The lowest BCUT2D eigenvalue weighted by atomic mass is 9.87. The molecule has 0 spiro atoms. The number of aromatic nitrogens is 2. The van der Waals surface area contributed by atoms with E-state index in [9.17, 15) is 22.4 Å². The number of benzene rings is 1. The maximum absolute atomic E-state index is 14.2. The van der Waals surface area contributed by atoms with Crippen molar-refractivity contribution < 1.29 is 22.4 Å². The number of carbonyl (C=O) groups is 1. The molecule has 162 valence electrons. The van der Waals surface area contributed by atoms with Crippen molar-refractivity contribution in [2.24, 2.45) is 5.92 Å². The fourth-order valence-corrected chi connectivity index (χ4v) is 4.60. The minimum Gasteiger partial charge on any atom is -0.336 e. The number of carbonyl (C=O) groups excluding carboxylic acids is 1. The van der Waals surface area contributed by atoms with Crippen LogP contribution in [0.4, 0.5) is 17.6 Å². The summed E-state index contributed by atoms with van der Waals surface area (Å²) in [5.74, 6) is -0.668. The molecule has 0 saturated heterocycles. The monoisotopic (exact) mass is 443 g/mol. The second-order valence-electron chi connectivity index (χ2n) is 8.01. The predicted molar refractivity (Wildman–Crippen MR) is 103 cm³/mol. The van der Waals surface area contributed by atoms with Crippen LogP contribution in [0.3, 0.4) is 0 Å². The third-order valence-electron chi connectivity index (χ3n) is 6.01. The summed E-state index contributed by atoms with van der Waals surface area (Å²) in [6.45, 7) is 0.141. The van der Waals surface area contributed by atoms with Crippen LogP contribution in [0.15, 0.2) is 18.2 Å². The highest BCUT2D eigenvalue weighted by molar-refractivity contribution is 6.30. The molecule has 1 aliphatic heterocycles. The van der Waals surface area contributed by atoms with E-state index in [2.05, 4.69) is 5.10 Å². The Morgan fingerprint density at radius 1 is 1.20 bits per heavy atom. The topological polar surface area (TPSA) is 38.1 Å². The third kappa shape index (κ3) is 4.19. The molecule has 4 nitrogen and oxygen atoms in total. The minimum atomic E-state index is -4.61. The van der Waals surface area contributed by atoms with Crippen molar-refractivity contribution >= 4 is 17.5 Å². The van der Waals surface area contributed by atoms with E-state index in [0.29, 0.717) is 5.69 Å². The van der Waals surface area contributed by atoms with Crippen LogP contribution in [-0.4, -0.2) is 27.1 Å². The lowest BCUT2D eigenvalue weighted by Crippen LogP contribution is -2.41. The van der Waals surface area contributed by atoms with E-state index < -0.39 is 17.7 Å². The Balaban J connectivity index is 1.65. The lowest BCUT2D eigenvalue weighted by Gasteiger charge is -2.32. The highest BCUT2D eigenvalue weighted by atomic mass is 35.5. The maximum atomic E-state index is 14.2. The van der Waals surface area contributed by atoms with Gasteiger partial charge < -0.3 is 4.90 Å². The molecule has 0 atom stereocenters. The lowest BCUT2D eigenvalue weighted by molar-refractivity contribution is -0.142. The maximum Gasteiger partial charge on any atom is 0.435 e. The van der Waals surface area contributed by atoms with Crippen LogP contribution in [0.1, 0.15) is 54.6 Å². The molecular formula is C21H22ClF4N3O. The van der Waals surface area contributed by atoms with Gasteiger partial charge in [-0.1, -0.05) is 36.9 Å². The highest BCUT2D eigenvalue weighted by Gasteiger charge is 2.41. The Morgan fingerprint density at radius 3 is 2.60 bits per heavy atom. The first kappa shape index (κ1) is 21.2. The Hall–Kier alpha value is -2.09. The number of nitrogens with zero attached hydrogens (tertiary/aromatic N) is 3. The van der Waals surface area contributed by atoms with Gasteiger partial charge in [0.2, 0.25) is 5.91 Å². The normalized spacial score (nSPS) is 17.8. The smallest absolute Gasteiger partial charge is 0.336 e. The van der Waals surface area contributed by atoms with Crippen molar-refractivity contribution in [3.8, 4) is 0 Å². The third-order valence-corrected chi connectivity index (χ3v) is 6.24. The number of halogens is 5. The summed E-state index contributed by atoms with van der Waals surface area (Å²) in [4.78, 5) is 14.6. The molecule has 1 aromatic heterocycles. The van der Waals surface area contributed by atoms with Gasteiger partial charge in [-0.3, -0.25) is 9.48 Å². The molecule has 0 bridgehead atoms. The Labute approximate surface area is 176 Å². The standard InChI is InChI=1S/C21H22ClF4N3O/c22-15-7-6-14(17(23)10-15)11-29-18-12-28(20(30)13-4-2-1-3-5-13)9-8-16(18)19(27-29)21(24,25)26/h6-7,10,13H,1-5,8-9,11-12H2. The van der Waals surface area contributed by atoms with E-state index in [1.807, 2.05) is 0 Å². The van der Waals surface area contributed by atoms with Gasteiger partial charge in [0, 0.05) is 28.6 Å². The summed E-state index contributed by atoms with van der Waals surface area (Å²) >= 11 is 5.77. The van der Waals surface area contributed by atoms with Crippen LogP contribution in [0.5, 0.6) is 0 Å². The van der Waals surface area contributed by atoms with Gasteiger partial charge in [0.15, 0.2) is 5.69 Å². The van der Waals surface area contributed by atoms with Gasteiger partial charge in [0.25, 0.3) is 0 Å². The fraction of sp³-hybridized carbons (Fsp3) is 0.524. The molecule has 2 aromatic rings. The van der Waals surface area contributed by atoms with Crippen molar-refractivity contribution in [2.75, 3.05) is 6.54 Å². The van der Waals surface area contributed by atoms with Crippen LogP contribution in [-0.2, 0) is 30.5 Å². The average molecular weight is 444 g/mol. The van der Waals surface area contributed by atoms with Crippen LogP contribution in [0, 0.1) is 11.7 Å². The van der Waals surface area contributed by atoms with Gasteiger partial charge in [-0.15, -0.1) is 0 Å². The Morgan fingerprint density at radius 2 is 1.93 bits per heavy atom. The van der Waals surface area contributed by atoms with Crippen molar-refractivity contribution in [1.82, 2.24) is 14.7 Å². The molecule has 4 rings (SSSR count). The van der Waals surface area contributed by atoms with Gasteiger partial charge in [0.1, 0.15) is 5.82 Å². The summed E-state index contributed by atoms with van der Waals surface area (Å²) in [6.07, 6.45) is 0.247. The van der Waals surface area contributed by atoms with Crippen LogP contribution >= 0.6 is 11.6 Å². The molecule has 1 amide bonds. The van der Waals surface area contributed by atoms with Gasteiger partial charge in [-0.25, -0.2) is 4.39 Å². The SMILES string of the molecule is O=C(C1CCCCC1)N1CCc2c(C(F)(F)F)nn(Cc3ccc(Cl)cc3F)c2C1. The second kappa shape index (κ2) is 8.21. The van der Waals surface area contributed by atoms with Gasteiger partial charge >= 0.3 is 6.18 Å². The van der Waals surface area contributed by atoms with E-state index in [-0.39, 0.29) is 54.0 Å². The first-order valence-corrected chi connectivity index (χ1v) is 10.5. The summed E-state index contributed by atoms with van der Waals surface area (Å²) in [6, 6.07) is 4.04. The summed E-state index contributed by atoms with van der Waals surface area (Å²) in [7, 11) is 0. The zero-order valence-corrected chi connectivity index (χ0v) is 17.1. The van der Waals surface area contributed by atoms with Gasteiger partial charge in [0.05, 0.1) is 18.8 Å². The summed E-state index contributed by atoms with van der Waals surface area (Å²) in [5.41, 5.74) is -0.331. The average Bonchev–Trinajstić information content (AvgIpc) is 3.08. The van der Waals surface area contributed by atoms with Crippen molar-refractivity contribution in [3.05, 3.63) is 51.6 Å². The van der Waals surface area contributed by atoms with E-state index >= 15 is 0 Å². The number of amides is 1. The minimum absolute atomic E-state index is 0.000618. The molecule has 2 aliphatic rings. The predicted octanol–water partition coefficient (Wildman–Crippen LogP) is 5.21. The second-order valence-corrected chi connectivity index (χ2v) is 8.45. The Bertz CT molecular complexity index is 950. The molecule has 2 heterocycles. The van der Waals surface area contributed by atoms with Gasteiger partial charge in [-0.05, 0) is 31.4 Å². The van der Waals surface area contributed by atoms with Crippen LogP contribution < -0.4 is 0 Å². The van der Waals surface area contributed by atoms with E-state index in [1.165, 1.54) is 16.8 Å². The summed E-state index contributed by atoms with van der Waals surface area (Å²) in [5, 5.41) is 3.99. The molecular weight excluding hydrogens is 422 g/mol. The largest absolute Gasteiger partial charge is 0.435 e. The molecule has 1 saturated carbocycles. The quantitative estimate of drug-likeness (QED) is 0.611. The van der Waals surface area contributed by atoms with Crippen LogP contribution in [0.25, 0.3) is 0 Å². The number of hydrogen-bond donors (Lipinski definition) is 0. The zero-order valence-electron chi connectivity index (χ0n) is 16.3. The van der Waals surface area contributed by atoms with Crippen LogP contribution in [0.2, 0.25) is 5.02 Å². The molecule has 0 unspecified atom stereocenters. The number of rotatable bonds is 3. The Kier molecular flexibility index (Phi) is 5.79. The molecule has 1 aliphatic carbocycles. The number of alkyl halides is 3. The van der Waals surface area contributed by atoms with Crippen molar-refractivity contribution in [1.29, 1.82) is 0 Å². The van der Waals surface area contributed by atoms with Crippen molar-refractivity contribution in [2.45, 2.75) is 57.8 Å². The first-order valence-electron chi connectivity index (χ1n) is 10.1. The molecule has 30 heavy (non-hydrogen) atoms. The van der Waals surface area contributed by atoms with Crippen molar-refractivity contribution in [3.63, 3.8) is 0 Å². The fourth-order valence-electron chi connectivity index (χ4n) is 4.45. The number of fused-ring (bicyclic) bond motifs is 1.